The summed E-state index contributed by atoms with van der Waals surface area (Å²) < 4.78 is 41.1. The van der Waals surface area contributed by atoms with Crippen LogP contribution in [0.5, 0.6) is 0 Å². The minimum atomic E-state index is -3.73. The Morgan fingerprint density at radius 2 is 1.80 bits per heavy atom. The molecule has 0 bridgehead atoms. The molecule has 2 atom stereocenters. The van der Waals surface area contributed by atoms with E-state index in [1.54, 1.807) is 24.3 Å². The summed E-state index contributed by atoms with van der Waals surface area (Å²) in [5, 5.41) is 0. The predicted octanol–water partition coefficient (Wildman–Crippen LogP) is 3.59. The van der Waals surface area contributed by atoms with E-state index in [0.29, 0.717) is 13.0 Å². The van der Waals surface area contributed by atoms with Crippen LogP contribution < -0.4 is 0 Å². The van der Waals surface area contributed by atoms with E-state index >= 15 is 0 Å². The lowest BCUT2D eigenvalue weighted by Gasteiger charge is -2.30. The summed E-state index contributed by atoms with van der Waals surface area (Å²) in [6, 6.07) is 16.3. The Labute approximate surface area is 148 Å². The Kier molecular flexibility index (Phi) is 5.86. The van der Waals surface area contributed by atoms with Crippen molar-refractivity contribution in [3.05, 3.63) is 65.7 Å². The average Bonchev–Trinajstić information content (AvgIpc) is 2.63. The van der Waals surface area contributed by atoms with Crippen molar-refractivity contribution < 1.29 is 22.1 Å². The number of benzene rings is 2. The molecular formula is C19H22O5S. The molecule has 6 heteroatoms. The number of hydrogen-bond donors (Lipinski definition) is 0. The van der Waals surface area contributed by atoms with Gasteiger partial charge in [-0.3, -0.25) is 4.18 Å². The van der Waals surface area contributed by atoms with Crippen molar-refractivity contribution in [2.24, 2.45) is 0 Å². The van der Waals surface area contributed by atoms with Gasteiger partial charge in [-0.2, -0.15) is 8.42 Å². The molecule has 3 rings (SSSR count). The first-order chi connectivity index (χ1) is 12.0. The second-order valence-electron chi connectivity index (χ2n) is 6.04. The Morgan fingerprint density at radius 3 is 2.52 bits per heavy atom. The summed E-state index contributed by atoms with van der Waals surface area (Å²) in [6.45, 7) is 2.57. The number of ether oxygens (including phenoxy) is 2. The van der Waals surface area contributed by atoms with Crippen LogP contribution in [0.25, 0.3) is 0 Å². The van der Waals surface area contributed by atoms with E-state index in [4.69, 9.17) is 13.7 Å². The maximum Gasteiger partial charge on any atom is 0.296 e. The van der Waals surface area contributed by atoms with Crippen molar-refractivity contribution in [2.75, 3.05) is 13.2 Å². The van der Waals surface area contributed by atoms with Crippen LogP contribution in [0.4, 0.5) is 0 Å². The largest absolute Gasteiger partial charge is 0.348 e. The van der Waals surface area contributed by atoms with Gasteiger partial charge in [0.25, 0.3) is 10.1 Å². The van der Waals surface area contributed by atoms with Gasteiger partial charge in [0.1, 0.15) is 0 Å². The molecule has 2 aromatic rings. The molecule has 0 radical (unpaired) electrons. The van der Waals surface area contributed by atoms with Gasteiger partial charge < -0.3 is 9.47 Å². The monoisotopic (exact) mass is 362 g/mol. The molecule has 5 nitrogen and oxygen atoms in total. The van der Waals surface area contributed by atoms with Crippen molar-refractivity contribution in [3.8, 4) is 0 Å². The molecule has 25 heavy (non-hydrogen) atoms. The fraction of sp³-hybridized carbons (Fsp3) is 0.368. The first-order valence-electron chi connectivity index (χ1n) is 8.33. The van der Waals surface area contributed by atoms with E-state index in [9.17, 15) is 8.42 Å². The maximum absolute atomic E-state index is 12.2. The second kappa shape index (κ2) is 8.10. The topological polar surface area (TPSA) is 61.8 Å². The Hall–Kier alpha value is -1.73. The van der Waals surface area contributed by atoms with Crippen LogP contribution in [0.15, 0.2) is 59.5 Å². The zero-order valence-corrected chi connectivity index (χ0v) is 14.9. The van der Waals surface area contributed by atoms with E-state index in [1.165, 1.54) is 0 Å². The van der Waals surface area contributed by atoms with Crippen LogP contribution in [0.1, 0.15) is 30.3 Å². The lowest BCUT2D eigenvalue weighted by molar-refractivity contribution is -0.219. The lowest BCUT2D eigenvalue weighted by atomic mass is 10.1. The minimum Gasteiger partial charge on any atom is -0.348 e. The number of aryl methyl sites for hydroxylation is 1. The van der Waals surface area contributed by atoms with Crippen LogP contribution in [0, 0.1) is 6.92 Å². The second-order valence-corrected chi connectivity index (χ2v) is 7.65. The molecule has 1 heterocycles. The summed E-state index contributed by atoms with van der Waals surface area (Å²) in [4.78, 5) is 0.174. The van der Waals surface area contributed by atoms with Gasteiger partial charge in [-0.1, -0.05) is 48.0 Å². The highest BCUT2D eigenvalue weighted by atomic mass is 32.2. The van der Waals surface area contributed by atoms with E-state index < -0.39 is 16.4 Å². The number of rotatable bonds is 6. The fourth-order valence-corrected chi connectivity index (χ4v) is 3.57. The van der Waals surface area contributed by atoms with E-state index in [-0.39, 0.29) is 17.6 Å². The molecule has 0 aliphatic carbocycles. The van der Waals surface area contributed by atoms with Gasteiger partial charge in [-0.15, -0.1) is 0 Å². The minimum absolute atomic E-state index is 0.0857. The van der Waals surface area contributed by atoms with Crippen molar-refractivity contribution in [2.45, 2.75) is 37.1 Å². The van der Waals surface area contributed by atoms with E-state index in [0.717, 1.165) is 17.5 Å². The highest BCUT2D eigenvalue weighted by molar-refractivity contribution is 7.86. The summed E-state index contributed by atoms with van der Waals surface area (Å²) in [5.74, 6) is 0. The quantitative estimate of drug-likeness (QED) is 0.735. The molecule has 0 aromatic heterocycles. The summed E-state index contributed by atoms with van der Waals surface area (Å²) >= 11 is 0. The third-order valence-electron chi connectivity index (χ3n) is 4.08. The molecule has 0 N–H and O–H groups in total. The van der Waals surface area contributed by atoms with E-state index in [1.807, 2.05) is 37.3 Å². The number of hydrogen-bond acceptors (Lipinski definition) is 5. The van der Waals surface area contributed by atoms with Crippen LogP contribution in [0.3, 0.4) is 0 Å². The van der Waals surface area contributed by atoms with Crippen molar-refractivity contribution in [3.63, 3.8) is 0 Å². The molecule has 2 aromatic carbocycles. The standard InChI is InChI=1S/C19H22O5S/c1-15-7-9-18(10-8-15)25(20,21)23-14-12-17-11-13-22-19(24-17)16-5-3-2-4-6-16/h2-10,17,19H,11-14H2,1H3/t17-,19-/m0/s1. The van der Waals surface area contributed by atoms with Crippen LogP contribution in [-0.2, 0) is 23.8 Å². The van der Waals surface area contributed by atoms with Gasteiger partial charge >= 0.3 is 0 Å². The molecule has 1 saturated heterocycles. The SMILES string of the molecule is Cc1ccc(S(=O)(=O)OCC[C@@H]2CCO[C@H](c3ccccc3)O2)cc1. The van der Waals surface area contributed by atoms with Crippen molar-refractivity contribution in [1.29, 1.82) is 0 Å². The van der Waals surface area contributed by atoms with Gasteiger partial charge in [0.15, 0.2) is 6.29 Å². The summed E-state index contributed by atoms with van der Waals surface area (Å²) in [5.41, 5.74) is 1.96. The van der Waals surface area contributed by atoms with Gasteiger partial charge in [0, 0.05) is 5.56 Å². The predicted molar refractivity (Wildman–Crippen MR) is 93.6 cm³/mol. The molecule has 0 spiro atoms. The van der Waals surface area contributed by atoms with Crippen LogP contribution >= 0.6 is 0 Å². The molecule has 0 unspecified atom stereocenters. The Balaban J connectivity index is 1.52. The van der Waals surface area contributed by atoms with E-state index in [2.05, 4.69) is 0 Å². The van der Waals surface area contributed by atoms with Gasteiger partial charge in [0.05, 0.1) is 24.2 Å². The first-order valence-corrected chi connectivity index (χ1v) is 9.73. The highest BCUT2D eigenvalue weighted by Gasteiger charge is 2.25. The molecule has 1 aliphatic rings. The Bertz CT molecular complexity index is 771. The summed E-state index contributed by atoms with van der Waals surface area (Å²) in [6.07, 6.45) is 0.718. The zero-order valence-electron chi connectivity index (χ0n) is 14.1. The maximum atomic E-state index is 12.2. The first kappa shape index (κ1) is 18.1. The van der Waals surface area contributed by atoms with Gasteiger partial charge in [0.2, 0.25) is 0 Å². The van der Waals surface area contributed by atoms with Crippen LogP contribution in [0.2, 0.25) is 0 Å². The van der Waals surface area contributed by atoms with Crippen molar-refractivity contribution >= 4 is 10.1 Å². The van der Waals surface area contributed by atoms with Crippen molar-refractivity contribution in [1.82, 2.24) is 0 Å². The third-order valence-corrected chi connectivity index (χ3v) is 5.41. The van der Waals surface area contributed by atoms with Gasteiger partial charge in [-0.25, -0.2) is 0 Å². The average molecular weight is 362 g/mol. The fourth-order valence-electron chi connectivity index (χ4n) is 2.65. The molecular weight excluding hydrogens is 340 g/mol. The molecule has 0 saturated carbocycles. The molecule has 134 valence electrons. The summed E-state index contributed by atoms with van der Waals surface area (Å²) in [7, 11) is -3.73. The normalized spacial score (nSPS) is 21.2. The van der Waals surface area contributed by atoms with Gasteiger partial charge in [-0.05, 0) is 31.9 Å². The highest BCUT2D eigenvalue weighted by Crippen LogP contribution is 2.27. The molecule has 1 aliphatic heterocycles. The Morgan fingerprint density at radius 1 is 1.08 bits per heavy atom. The lowest BCUT2D eigenvalue weighted by Crippen LogP contribution is -2.28. The molecule has 0 amide bonds. The third kappa shape index (κ3) is 4.89. The molecule has 1 fully saturated rings. The smallest absolute Gasteiger partial charge is 0.296 e. The zero-order chi connectivity index (χ0) is 17.7. The van der Waals surface area contributed by atoms with Crippen LogP contribution in [-0.4, -0.2) is 27.7 Å².